The van der Waals surface area contributed by atoms with Crippen LogP contribution in [0.1, 0.15) is 48.9 Å². The van der Waals surface area contributed by atoms with Crippen LogP contribution in [0.4, 0.5) is 0 Å². The molecule has 2 rings (SSSR count). The van der Waals surface area contributed by atoms with Gasteiger partial charge in [-0.2, -0.15) is 5.26 Å². The molecule has 0 atom stereocenters. The first-order valence-corrected chi connectivity index (χ1v) is 8.19. The molecular weight excluding hydrogens is 268 g/mol. The summed E-state index contributed by atoms with van der Waals surface area (Å²) in [6.45, 7) is 0. The summed E-state index contributed by atoms with van der Waals surface area (Å²) in [5.74, 6) is 0.367. The molecule has 0 heterocycles. The number of hydrogen-bond donors (Lipinski definition) is 1. The minimum absolute atomic E-state index is 0.00191. The van der Waals surface area contributed by atoms with Gasteiger partial charge in [0.25, 0.3) is 5.91 Å². The number of thioether (sulfide) groups is 1. The highest BCUT2D eigenvalue weighted by Gasteiger charge is 2.17. The molecule has 3 nitrogen and oxygen atoms in total. The first kappa shape index (κ1) is 14.9. The number of rotatable bonds is 4. The zero-order valence-electron chi connectivity index (χ0n) is 11.6. The van der Waals surface area contributed by atoms with Gasteiger partial charge in [-0.15, -0.1) is 11.8 Å². The van der Waals surface area contributed by atoms with Crippen LogP contribution in [0.15, 0.2) is 29.2 Å². The van der Waals surface area contributed by atoms with Gasteiger partial charge in [0.05, 0.1) is 17.4 Å². The van der Waals surface area contributed by atoms with E-state index in [0.29, 0.717) is 17.4 Å². The highest BCUT2D eigenvalue weighted by molar-refractivity contribution is 7.99. The Hall–Kier alpha value is -1.47. The lowest BCUT2D eigenvalue weighted by molar-refractivity contribution is 0.0930. The van der Waals surface area contributed by atoms with Crippen LogP contribution in [0.2, 0.25) is 0 Å². The zero-order valence-corrected chi connectivity index (χ0v) is 12.4. The molecular formula is C16H20N2OS. The van der Waals surface area contributed by atoms with Gasteiger partial charge >= 0.3 is 0 Å². The summed E-state index contributed by atoms with van der Waals surface area (Å²) in [6.07, 6.45) is 7.13. The van der Waals surface area contributed by atoms with Crippen molar-refractivity contribution in [3.8, 4) is 6.07 Å². The van der Waals surface area contributed by atoms with Crippen molar-refractivity contribution >= 4 is 17.7 Å². The van der Waals surface area contributed by atoms with Crippen molar-refractivity contribution in [2.45, 2.75) is 49.5 Å². The second kappa shape index (κ2) is 7.96. The summed E-state index contributed by atoms with van der Waals surface area (Å²) in [5, 5.41) is 11.8. The van der Waals surface area contributed by atoms with Crippen LogP contribution in [-0.4, -0.2) is 17.7 Å². The van der Waals surface area contributed by atoms with Gasteiger partial charge < -0.3 is 5.32 Å². The SMILES string of the molecule is N#CCSc1ccccc1C(=O)NC1CCCCCC1. The smallest absolute Gasteiger partial charge is 0.252 e. The highest BCUT2D eigenvalue weighted by Crippen LogP contribution is 2.23. The quantitative estimate of drug-likeness (QED) is 0.678. The number of carbonyl (C=O) groups is 1. The molecule has 1 aliphatic rings. The molecule has 1 aromatic carbocycles. The van der Waals surface area contributed by atoms with Crippen LogP contribution in [0.25, 0.3) is 0 Å². The van der Waals surface area contributed by atoms with E-state index in [9.17, 15) is 4.79 Å². The van der Waals surface area contributed by atoms with Gasteiger partial charge in [0.15, 0.2) is 0 Å². The molecule has 0 aromatic heterocycles. The van der Waals surface area contributed by atoms with Crippen molar-refractivity contribution in [1.29, 1.82) is 5.26 Å². The molecule has 0 aliphatic heterocycles. The average molecular weight is 288 g/mol. The first-order valence-electron chi connectivity index (χ1n) is 7.21. The van der Waals surface area contributed by atoms with E-state index in [2.05, 4.69) is 11.4 Å². The van der Waals surface area contributed by atoms with Gasteiger partial charge in [0, 0.05) is 10.9 Å². The minimum Gasteiger partial charge on any atom is -0.349 e. The lowest BCUT2D eigenvalue weighted by Crippen LogP contribution is -2.34. The Morgan fingerprint density at radius 2 is 1.95 bits per heavy atom. The fourth-order valence-electron chi connectivity index (χ4n) is 2.58. The third kappa shape index (κ3) is 4.28. The van der Waals surface area contributed by atoms with Crippen molar-refractivity contribution in [2.24, 2.45) is 0 Å². The van der Waals surface area contributed by atoms with Gasteiger partial charge in [-0.05, 0) is 25.0 Å². The molecule has 1 amide bonds. The average Bonchev–Trinajstić information content (AvgIpc) is 2.74. The van der Waals surface area contributed by atoms with Crippen LogP contribution >= 0.6 is 11.8 Å². The van der Waals surface area contributed by atoms with Crippen molar-refractivity contribution in [1.82, 2.24) is 5.32 Å². The van der Waals surface area contributed by atoms with Crippen LogP contribution < -0.4 is 5.32 Å². The van der Waals surface area contributed by atoms with Crippen LogP contribution in [0, 0.1) is 11.3 Å². The predicted molar refractivity (Wildman–Crippen MR) is 81.7 cm³/mol. The summed E-state index contributed by atoms with van der Waals surface area (Å²) in [7, 11) is 0. The van der Waals surface area contributed by atoms with E-state index in [1.54, 1.807) is 0 Å². The summed E-state index contributed by atoms with van der Waals surface area (Å²) in [6, 6.07) is 9.93. The molecule has 0 saturated heterocycles. The Bertz CT molecular complexity index is 487. The third-order valence-electron chi connectivity index (χ3n) is 3.61. The molecule has 106 valence electrons. The summed E-state index contributed by atoms with van der Waals surface area (Å²) in [4.78, 5) is 13.3. The maximum Gasteiger partial charge on any atom is 0.252 e. The number of nitrogens with zero attached hydrogens (tertiary/aromatic N) is 1. The van der Waals surface area contributed by atoms with Crippen molar-refractivity contribution in [2.75, 3.05) is 5.75 Å². The van der Waals surface area contributed by atoms with Crippen molar-refractivity contribution in [3.05, 3.63) is 29.8 Å². The molecule has 0 radical (unpaired) electrons. The summed E-state index contributed by atoms with van der Waals surface area (Å²) in [5.41, 5.74) is 0.692. The Morgan fingerprint density at radius 1 is 1.25 bits per heavy atom. The topological polar surface area (TPSA) is 52.9 Å². The van der Waals surface area contributed by atoms with E-state index in [4.69, 9.17) is 5.26 Å². The van der Waals surface area contributed by atoms with Gasteiger partial charge in [-0.1, -0.05) is 37.8 Å². The molecule has 1 aliphatic carbocycles. The number of nitriles is 1. The van der Waals surface area contributed by atoms with Crippen molar-refractivity contribution < 1.29 is 4.79 Å². The second-order valence-corrected chi connectivity index (χ2v) is 6.12. The van der Waals surface area contributed by atoms with E-state index in [1.807, 2.05) is 24.3 Å². The second-order valence-electron chi connectivity index (χ2n) is 5.10. The van der Waals surface area contributed by atoms with E-state index < -0.39 is 0 Å². The molecule has 1 N–H and O–H groups in total. The summed E-state index contributed by atoms with van der Waals surface area (Å²) < 4.78 is 0. The first-order chi connectivity index (χ1) is 9.81. The number of amides is 1. The zero-order chi connectivity index (χ0) is 14.2. The Kier molecular flexibility index (Phi) is 5.94. The van der Waals surface area contributed by atoms with E-state index >= 15 is 0 Å². The number of hydrogen-bond acceptors (Lipinski definition) is 3. The van der Waals surface area contributed by atoms with E-state index in [-0.39, 0.29) is 5.91 Å². The largest absolute Gasteiger partial charge is 0.349 e. The van der Waals surface area contributed by atoms with Crippen LogP contribution in [-0.2, 0) is 0 Å². The normalized spacial score (nSPS) is 16.1. The maximum absolute atomic E-state index is 12.4. The van der Waals surface area contributed by atoms with Crippen LogP contribution in [0.3, 0.4) is 0 Å². The molecule has 1 fully saturated rings. The Labute approximate surface area is 124 Å². The molecule has 0 bridgehead atoms. The Morgan fingerprint density at radius 3 is 2.65 bits per heavy atom. The predicted octanol–water partition coefficient (Wildman–Crippen LogP) is 3.75. The number of benzene rings is 1. The number of carbonyl (C=O) groups excluding carboxylic acids is 1. The standard InChI is InChI=1S/C16H20N2OS/c17-11-12-20-15-10-6-5-9-14(15)16(19)18-13-7-3-1-2-4-8-13/h5-6,9-10,13H,1-4,7-8,12H2,(H,18,19). The summed E-state index contributed by atoms with van der Waals surface area (Å²) >= 11 is 1.42. The lowest BCUT2D eigenvalue weighted by Gasteiger charge is -2.17. The monoisotopic (exact) mass is 288 g/mol. The van der Waals surface area contributed by atoms with E-state index in [1.165, 1.54) is 37.4 Å². The highest BCUT2D eigenvalue weighted by atomic mass is 32.2. The molecule has 4 heteroatoms. The molecule has 0 spiro atoms. The van der Waals surface area contributed by atoms with E-state index in [0.717, 1.165) is 17.7 Å². The molecule has 0 unspecified atom stereocenters. The lowest BCUT2D eigenvalue weighted by atomic mass is 10.1. The van der Waals surface area contributed by atoms with Crippen molar-refractivity contribution in [3.63, 3.8) is 0 Å². The minimum atomic E-state index is -0.00191. The molecule has 1 saturated carbocycles. The van der Waals surface area contributed by atoms with Crippen LogP contribution in [0.5, 0.6) is 0 Å². The van der Waals surface area contributed by atoms with Gasteiger partial charge in [-0.3, -0.25) is 4.79 Å². The van der Waals surface area contributed by atoms with Gasteiger partial charge in [0.1, 0.15) is 0 Å². The number of nitrogens with one attached hydrogen (secondary N) is 1. The van der Waals surface area contributed by atoms with Gasteiger partial charge in [-0.25, -0.2) is 0 Å². The van der Waals surface area contributed by atoms with Gasteiger partial charge in [0.2, 0.25) is 0 Å². The fourth-order valence-corrected chi connectivity index (χ4v) is 3.29. The maximum atomic E-state index is 12.4. The fraction of sp³-hybridized carbons (Fsp3) is 0.500. The Balaban J connectivity index is 2.02. The third-order valence-corrected chi connectivity index (χ3v) is 4.55. The molecule has 1 aromatic rings. The molecule has 20 heavy (non-hydrogen) atoms.